The number of aliphatic hydroxyl groups is 1. The summed E-state index contributed by atoms with van der Waals surface area (Å²) in [6.07, 6.45) is 3.16. The number of carbonyl (C=O) groups excluding carboxylic acids is 2. The predicted octanol–water partition coefficient (Wildman–Crippen LogP) is 3.62. The van der Waals surface area contributed by atoms with Crippen LogP contribution < -0.4 is 0 Å². The zero-order valence-electron chi connectivity index (χ0n) is 16.8. The highest BCUT2D eigenvalue weighted by Gasteiger charge is 2.24. The maximum absolute atomic E-state index is 12.5. The fourth-order valence-electron chi connectivity index (χ4n) is 2.27. The molecule has 0 aliphatic carbocycles. The van der Waals surface area contributed by atoms with Gasteiger partial charge in [-0.3, -0.25) is 4.79 Å². The second-order valence-electron chi connectivity index (χ2n) is 7.63. The van der Waals surface area contributed by atoms with E-state index in [-0.39, 0.29) is 24.8 Å². The molecule has 0 heterocycles. The van der Waals surface area contributed by atoms with Gasteiger partial charge in [0.15, 0.2) is 0 Å². The summed E-state index contributed by atoms with van der Waals surface area (Å²) in [6.45, 7) is 11.8. The third-order valence-corrected chi connectivity index (χ3v) is 4.19. The average molecular weight is 391 g/mol. The molecule has 2 amide bonds. The van der Waals surface area contributed by atoms with E-state index in [1.165, 1.54) is 9.80 Å². The highest BCUT2D eigenvalue weighted by atomic mass is 35.5. The summed E-state index contributed by atoms with van der Waals surface area (Å²) in [5.41, 5.74) is -0.586. The molecule has 0 bridgehead atoms. The second kappa shape index (κ2) is 12.2. The van der Waals surface area contributed by atoms with E-state index >= 15 is 0 Å². The van der Waals surface area contributed by atoms with Crippen molar-refractivity contribution in [3.05, 3.63) is 12.7 Å². The molecule has 0 radical (unpaired) electrons. The number of rotatable bonds is 11. The van der Waals surface area contributed by atoms with Crippen LogP contribution in [-0.4, -0.2) is 64.8 Å². The fraction of sp³-hybridized carbons (Fsp3) is 0.789. The van der Waals surface area contributed by atoms with Gasteiger partial charge in [-0.25, -0.2) is 4.79 Å². The molecule has 0 fully saturated rings. The first-order valence-electron chi connectivity index (χ1n) is 9.10. The Kier molecular flexibility index (Phi) is 11.6. The molecule has 2 atom stereocenters. The zero-order valence-corrected chi connectivity index (χ0v) is 17.6. The first-order chi connectivity index (χ1) is 12.0. The Morgan fingerprint density at radius 3 is 2.38 bits per heavy atom. The molecule has 0 aliphatic rings. The van der Waals surface area contributed by atoms with Gasteiger partial charge < -0.3 is 19.6 Å². The molecule has 26 heavy (non-hydrogen) atoms. The van der Waals surface area contributed by atoms with Crippen LogP contribution in [0.4, 0.5) is 4.79 Å². The molecule has 0 unspecified atom stereocenters. The third kappa shape index (κ3) is 10.7. The molecule has 0 aromatic rings. The van der Waals surface area contributed by atoms with Crippen molar-refractivity contribution in [1.82, 2.24) is 9.80 Å². The molecule has 0 aliphatic heterocycles. The van der Waals surface area contributed by atoms with E-state index in [1.54, 1.807) is 27.8 Å². The summed E-state index contributed by atoms with van der Waals surface area (Å²) in [5, 5.41) is 10.1. The molecule has 0 spiro atoms. The van der Waals surface area contributed by atoms with Crippen LogP contribution >= 0.6 is 11.6 Å². The lowest BCUT2D eigenvalue weighted by atomic mass is 10.0. The Morgan fingerprint density at radius 1 is 1.27 bits per heavy atom. The SMILES string of the molecule is C=CCC[C@@H](C)CCN(C(=O)CCN(C)C(=O)OC(C)(C)C)[C@@H](O)CCl. The van der Waals surface area contributed by atoms with Crippen LogP contribution in [-0.2, 0) is 9.53 Å². The monoisotopic (exact) mass is 390 g/mol. The quantitative estimate of drug-likeness (QED) is 0.332. The molecule has 6 nitrogen and oxygen atoms in total. The first kappa shape index (κ1) is 24.7. The maximum Gasteiger partial charge on any atom is 0.410 e. The number of alkyl halides is 1. The van der Waals surface area contributed by atoms with Crippen LogP contribution in [0.5, 0.6) is 0 Å². The highest BCUT2D eigenvalue weighted by Crippen LogP contribution is 2.14. The van der Waals surface area contributed by atoms with E-state index in [1.807, 2.05) is 6.08 Å². The Labute approximate surface area is 163 Å². The number of nitrogens with zero attached hydrogens (tertiary/aromatic N) is 2. The van der Waals surface area contributed by atoms with E-state index in [9.17, 15) is 14.7 Å². The smallest absolute Gasteiger partial charge is 0.410 e. The highest BCUT2D eigenvalue weighted by molar-refractivity contribution is 6.18. The average Bonchev–Trinajstić information content (AvgIpc) is 2.55. The Hall–Kier alpha value is -1.27. The molecule has 7 heteroatoms. The lowest BCUT2D eigenvalue weighted by Crippen LogP contribution is -2.44. The van der Waals surface area contributed by atoms with Crippen LogP contribution in [0, 0.1) is 5.92 Å². The normalized spacial score (nSPS) is 13.7. The van der Waals surface area contributed by atoms with Crippen LogP contribution in [0.25, 0.3) is 0 Å². The maximum atomic E-state index is 12.5. The van der Waals surface area contributed by atoms with Gasteiger partial charge in [0.1, 0.15) is 11.8 Å². The van der Waals surface area contributed by atoms with Gasteiger partial charge in [0.2, 0.25) is 5.91 Å². The van der Waals surface area contributed by atoms with E-state index < -0.39 is 17.9 Å². The Balaban J connectivity index is 4.59. The van der Waals surface area contributed by atoms with Gasteiger partial charge in [-0.05, 0) is 46.0 Å². The largest absolute Gasteiger partial charge is 0.444 e. The minimum Gasteiger partial charge on any atom is -0.444 e. The molecule has 0 rings (SSSR count). The summed E-state index contributed by atoms with van der Waals surface area (Å²) < 4.78 is 5.26. The number of hydrogen-bond acceptors (Lipinski definition) is 4. The summed E-state index contributed by atoms with van der Waals surface area (Å²) in [4.78, 5) is 27.2. The van der Waals surface area contributed by atoms with E-state index in [0.29, 0.717) is 12.5 Å². The van der Waals surface area contributed by atoms with Gasteiger partial charge in [0, 0.05) is 26.6 Å². The van der Waals surface area contributed by atoms with Crippen molar-refractivity contribution in [2.75, 3.05) is 26.0 Å². The van der Waals surface area contributed by atoms with Crippen molar-refractivity contribution in [1.29, 1.82) is 0 Å². The van der Waals surface area contributed by atoms with Crippen LogP contribution in [0.3, 0.4) is 0 Å². The Morgan fingerprint density at radius 2 is 1.88 bits per heavy atom. The van der Waals surface area contributed by atoms with Gasteiger partial charge in [-0.15, -0.1) is 18.2 Å². The molecule has 1 N–H and O–H groups in total. The molecule has 152 valence electrons. The van der Waals surface area contributed by atoms with Crippen LogP contribution in [0.15, 0.2) is 12.7 Å². The van der Waals surface area contributed by atoms with Gasteiger partial charge in [-0.1, -0.05) is 13.0 Å². The predicted molar refractivity (Wildman–Crippen MR) is 105 cm³/mol. The third-order valence-electron chi connectivity index (χ3n) is 3.91. The van der Waals surface area contributed by atoms with Gasteiger partial charge in [0.25, 0.3) is 0 Å². The first-order valence-corrected chi connectivity index (χ1v) is 9.63. The summed E-state index contributed by atoms with van der Waals surface area (Å²) in [7, 11) is 1.58. The number of allylic oxidation sites excluding steroid dienone is 1. The van der Waals surface area contributed by atoms with E-state index in [2.05, 4.69) is 13.5 Å². The molecular formula is C19H35ClN2O4. The van der Waals surface area contributed by atoms with Crippen molar-refractivity contribution in [2.24, 2.45) is 5.92 Å². The lowest BCUT2D eigenvalue weighted by Gasteiger charge is -2.29. The fourth-order valence-corrected chi connectivity index (χ4v) is 2.43. The van der Waals surface area contributed by atoms with E-state index in [0.717, 1.165) is 19.3 Å². The van der Waals surface area contributed by atoms with Gasteiger partial charge in [0.05, 0.1) is 5.88 Å². The van der Waals surface area contributed by atoms with Crippen molar-refractivity contribution in [3.8, 4) is 0 Å². The molecule has 0 aromatic heterocycles. The van der Waals surface area contributed by atoms with Gasteiger partial charge >= 0.3 is 6.09 Å². The van der Waals surface area contributed by atoms with Gasteiger partial charge in [-0.2, -0.15) is 0 Å². The number of ether oxygens (including phenoxy) is 1. The lowest BCUT2D eigenvalue weighted by molar-refractivity contribution is -0.140. The minimum atomic E-state index is -1.03. The van der Waals surface area contributed by atoms with E-state index in [4.69, 9.17) is 16.3 Å². The summed E-state index contributed by atoms with van der Waals surface area (Å²) >= 11 is 5.73. The second-order valence-corrected chi connectivity index (χ2v) is 7.94. The van der Waals surface area contributed by atoms with Crippen molar-refractivity contribution >= 4 is 23.6 Å². The summed E-state index contributed by atoms with van der Waals surface area (Å²) in [6, 6.07) is 0. The Bertz CT molecular complexity index is 451. The number of halogens is 1. The topological polar surface area (TPSA) is 70.1 Å². The molecule has 0 aromatic carbocycles. The molecule has 0 saturated carbocycles. The van der Waals surface area contributed by atoms with Crippen LogP contribution in [0.1, 0.15) is 53.4 Å². The number of amides is 2. The number of hydrogen-bond donors (Lipinski definition) is 1. The summed E-state index contributed by atoms with van der Waals surface area (Å²) in [5.74, 6) is 0.133. The van der Waals surface area contributed by atoms with Crippen molar-refractivity contribution < 1.29 is 19.4 Å². The zero-order chi connectivity index (χ0) is 20.3. The van der Waals surface area contributed by atoms with Crippen molar-refractivity contribution in [3.63, 3.8) is 0 Å². The minimum absolute atomic E-state index is 0.0469. The number of aliphatic hydroxyl groups excluding tert-OH is 1. The standard InChI is InChI=1S/C19H35ClN2O4/c1-7-8-9-15(2)10-13-22(17(24)14-20)16(23)11-12-21(6)18(25)26-19(3,4)5/h7,15,17,24H,1,8-14H2,2-6H3/t15-,17+/m1/s1. The molecule has 0 saturated heterocycles. The number of carbonyl (C=O) groups is 2. The molecular weight excluding hydrogens is 356 g/mol. The van der Waals surface area contributed by atoms with Crippen LogP contribution in [0.2, 0.25) is 0 Å². The van der Waals surface area contributed by atoms with Crippen molar-refractivity contribution in [2.45, 2.75) is 65.2 Å².